The summed E-state index contributed by atoms with van der Waals surface area (Å²) in [5.41, 5.74) is 10.4. The average Bonchev–Trinajstić information content (AvgIpc) is 3.11. The third kappa shape index (κ3) is 3.38. The molecule has 0 spiro atoms. The monoisotopic (exact) mass is 453 g/mol. The maximum atomic E-state index is 2.42. The van der Waals surface area contributed by atoms with Crippen molar-refractivity contribution >= 4 is 27.8 Å². The Kier molecular flexibility index (Phi) is 5.04. The third-order valence-electron chi connectivity index (χ3n) is 7.64. The van der Waals surface area contributed by atoms with Crippen LogP contribution in [0.3, 0.4) is 0 Å². The van der Waals surface area contributed by atoms with Crippen molar-refractivity contribution in [3.63, 3.8) is 0 Å². The van der Waals surface area contributed by atoms with Crippen molar-refractivity contribution in [1.82, 2.24) is 0 Å². The Balaban J connectivity index is 1.60. The highest BCUT2D eigenvalue weighted by molar-refractivity contribution is 6.01. The van der Waals surface area contributed by atoms with Gasteiger partial charge in [0.1, 0.15) is 0 Å². The van der Waals surface area contributed by atoms with Crippen LogP contribution in [0.25, 0.3) is 21.9 Å². The fraction of sp³-hybridized carbons (Fsp3) is 0.176. The van der Waals surface area contributed by atoms with E-state index in [-0.39, 0.29) is 5.41 Å². The van der Waals surface area contributed by atoms with Gasteiger partial charge >= 0.3 is 0 Å². The Hall–Kier alpha value is -3.84. The highest BCUT2D eigenvalue weighted by Crippen LogP contribution is 2.51. The van der Waals surface area contributed by atoms with E-state index in [9.17, 15) is 0 Å². The van der Waals surface area contributed by atoms with Gasteiger partial charge in [0.15, 0.2) is 0 Å². The summed E-state index contributed by atoms with van der Waals surface area (Å²) in [6.45, 7) is 9.25. The van der Waals surface area contributed by atoms with Crippen molar-refractivity contribution in [2.45, 2.75) is 39.0 Å². The molecule has 0 atom stereocenters. The minimum atomic E-state index is -0.0339. The summed E-state index contributed by atoms with van der Waals surface area (Å²) in [6.07, 6.45) is 0. The summed E-state index contributed by atoms with van der Waals surface area (Å²) >= 11 is 0. The number of rotatable bonds is 4. The molecular weight excluding hydrogens is 422 g/mol. The van der Waals surface area contributed by atoms with E-state index < -0.39 is 0 Å². The summed E-state index contributed by atoms with van der Waals surface area (Å²) in [7, 11) is 0. The van der Waals surface area contributed by atoms with Crippen LogP contribution in [0.1, 0.15) is 50.3 Å². The number of fused-ring (bicyclic) bond motifs is 4. The Labute approximate surface area is 208 Å². The minimum Gasteiger partial charge on any atom is -0.310 e. The summed E-state index contributed by atoms with van der Waals surface area (Å²) in [4.78, 5) is 2.42. The van der Waals surface area contributed by atoms with Gasteiger partial charge < -0.3 is 4.90 Å². The lowest BCUT2D eigenvalue weighted by Gasteiger charge is -2.29. The number of para-hydroxylation sites is 1. The zero-order chi connectivity index (χ0) is 24.2. The van der Waals surface area contributed by atoms with Crippen LogP contribution in [-0.2, 0) is 5.41 Å². The quantitative estimate of drug-likeness (QED) is 0.262. The first-order chi connectivity index (χ1) is 17.0. The Bertz CT molecular complexity index is 1540. The fourth-order valence-corrected chi connectivity index (χ4v) is 5.85. The van der Waals surface area contributed by atoms with Crippen molar-refractivity contribution in [2.24, 2.45) is 0 Å². The highest BCUT2D eigenvalue weighted by atomic mass is 15.1. The second-order valence-corrected chi connectivity index (χ2v) is 10.4. The summed E-state index contributed by atoms with van der Waals surface area (Å²) in [5.74, 6) is 0.471. The summed E-state index contributed by atoms with van der Waals surface area (Å²) < 4.78 is 0. The van der Waals surface area contributed by atoms with Crippen molar-refractivity contribution in [1.29, 1.82) is 0 Å². The average molecular weight is 454 g/mol. The van der Waals surface area contributed by atoms with Gasteiger partial charge in [0.2, 0.25) is 0 Å². The molecule has 0 N–H and O–H groups in total. The van der Waals surface area contributed by atoms with E-state index in [4.69, 9.17) is 0 Å². The number of nitrogens with zero attached hydrogens (tertiary/aromatic N) is 1. The smallest absolute Gasteiger partial charge is 0.0540 e. The van der Waals surface area contributed by atoms with Gasteiger partial charge in [-0.3, -0.25) is 0 Å². The number of benzene rings is 5. The zero-order valence-corrected chi connectivity index (χ0v) is 20.9. The van der Waals surface area contributed by atoms with Gasteiger partial charge in [-0.15, -0.1) is 0 Å². The second kappa shape index (κ2) is 8.13. The normalized spacial score (nSPS) is 13.6. The number of anilines is 3. The molecule has 0 aliphatic heterocycles. The first kappa shape index (κ1) is 21.7. The maximum absolute atomic E-state index is 2.42. The molecule has 5 aromatic carbocycles. The first-order valence-corrected chi connectivity index (χ1v) is 12.6. The third-order valence-corrected chi connectivity index (χ3v) is 7.64. The van der Waals surface area contributed by atoms with Gasteiger partial charge in [0, 0.05) is 22.2 Å². The number of hydrogen-bond donors (Lipinski definition) is 0. The lowest BCUT2D eigenvalue weighted by Crippen LogP contribution is -2.16. The van der Waals surface area contributed by atoms with Crippen LogP contribution in [0.4, 0.5) is 17.1 Å². The molecule has 1 aliphatic carbocycles. The molecule has 0 bridgehead atoms. The van der Waals surface area contributed by atoms with E-state index >= 15 is 0 Å². The Morgan fingerprint density at radius 1 is 0.571 bits per heavy atom. The predicted molar refractivity (Wildman–Crippen MR) is 150 cm³/mol. The first-order valence-electron chi connectivity index (χ1n) is 12.6. The van der Waals surface area contributed by atoms with E-state index in [1.165, 1.54) is 55.7 Å². The van der Waals surface area contributed by atoms with E-state index in [0.29, 0.717) is 5.92 Å². The van der Waals surface area contributed by atoms with Crippen molar-refractivity contribution in [3.8, 4) is 11.1 Å². The topological polar surface area (TPSA) is 3.24 Å². The van der Waals surface area contributed by atoms with Gasteiger partial charge in [-0.05, 0) is 69.5 Å². The van der Waals surface area contributed by atoms with Crippen LogP contribution >= 0.6 is 0 Å². The van der Waals surface area contributed by atoms with Crippen LogP contribution in [0.2, 0.25) is 0 Å². The van der Waals surface area contributed by atoms with Crippen molar-refractivity contribution in [2.75, 3.05) is 4.90 Å². The van der Waals surface area contributed by atoms with E-state index in [2.05, 4.69) is 142 Å². The van der Waals surface area contributed by atoms with E-state index in [1.54, 1.807) is 0 Å². The SMILES string of the molecule is CC(C)c1cccc2c(N(c3ccccc3)c3ccc4c(c3)C(C)(C)c3ccccc3-4)cccc12. The van der Waals surface area contributed by atoms with Crippen LogP contribution in [0.15, 0.2) is 109 Å². The Morgan fingerprint density at radius 3 is 2.06 bits per heavy atom. The van der Waals surface area contributed by atoms with Crippen LogP contribution < -0.4 is 4.90 Å². The molecule has 172 valence electrons. The van der Waals surface area contributed by atoms with Crippen molar-refractivity contribution < 1.29 is 0 Å². The molecule has 0 heterocycles. The highest BCUT2D eigenvalue weighted by Gasteiger charge is 2.35. The largest absolute Gasteiger partial charge is 0.310 e. The second-order valence-electron chi connectivity index (χ2n) is 10.4. The summed E-state index contributed by atoms with van der Waals surface area (Å²) in [6, 6.07) is 40.1. The molecule has 35 heavy (non-hydrogen) atoms. The molecule has 0 amide bonds. The van der Waals surface area contributed by atoms with Crippen molar-refractivity contribution in [3.05, 3.63) is 126 Å². The van der Waals surface area contributed by atoms with Crippen LogP contribution in [-0.4, -0.2) is 0 Å². The molecule has 6 rings (SSSR count). The molecule has 0 radical (unpaired) electrons. The molecule has 0 saturated carbocycles. The van der Waals surface area contributed by atoms with Gasteiger partial charge in [-0.1, -0.05) is 107 Å². The van der Waals surface area contributed by atoms with Crippen LogP contribution in [0, 0.1) is 0 Å². The zero-order valence-electron chi connectivity index (χ0n) is 20.9. The maximum Gasteiger partial charge on any atom is 0.0540 e. The van der Waals surface area contributed by atoms with Crippen LogP contribution in [0.5, 0.6) is 0 Å². The van der Waals surface area contributed by atoms with E-state index in [1.807, 2.05) is 0 Å². The molecule has 5 aromatic rings. The molecule has 1 nitrogen and oxygen atoms in total. The lowest BCUT2D eigenvalue weighted by atomic mass is 9.82. The molecule has 0 saturated heterocycles. The van der Waals surface area contributed by atoms with Gasteiger partial charge in [0.25, 0.3) is 0 Å². The van der Waals surface area contributed by atoms with Gasteiger partial charge in [-0.2, -0.15) is 0 Å². The molecule has 1 heteroatoms. The van der Waals surface area contributed by atoms with E-state index in [0.717, 1.165) is 0 Å². The minimum absolute atomic E-state index is 0.0339. The molecule has 1 aliphatic rings. The predicted octanol–water partition coefficient (Wildman–Crippen LogP) is 9.74. The fourth-order valence-electron chi connectivity index (χ4n) is 5.85. The molecule has 0 unspecified atom stereocenters. The molecular formula is C34H31N. The lowest BCUT2D eigenvalue weighted by molar-refractivity contribution is 0.660. The molecule has 0 fully saturated rings. The van der Waals surface area contributed by atoms with Gasteiger partial charge in [0.05, 0.1) is 5.69 Å². The standard InChI is InChI=1S/C34H31N/c1-23(2)26-15-10-17-30-27(26)16-11-19-33(30)35(24-12-6-5-7-13-24)25-20-21-29-28-14-8-9-18-31(28)34(3,4)32(29)22-25/h5-23H,1-4H3. The summed E-state index contributed by atoms with van der Waals surface area (Å²) in [5, 5.41) is 2.61. The molecule has 0 aromatic heterocycles. The Morgan fingerprint density at radius 2 is 1.26 bits per heavy atom. The van der Waals surface area contributed by atoms with Gasteiger partial charge in [-0.25, -0.2) is 0 Å². The number of hydrogen-bond acceptors (Lipinski definition) is 1.